The van der Waals surface area contributed by atoms with Gasteiger partial charge in [-0.25, -0.2) is 4.98 Å². The molecular weight excluding hydrogens is 238 g/mol. The van der Waals surface area contributed by atoms with Gasteiger partial charge in [0.1, 0.15) is 24.2 Å². The highest BCUT2D eigenvalue weighted by atomic mass is 16.5. The topological polar surface area (TPSA) is 57.9 Å². The summed E-state index contributed by atoms with van der Waals surface area (Å²) >= 11 is 0. The molecule has 0 spiro atoms. The van der Waals surface area contributed by atoms with E-state index in [4.69, 9.17) is 10.00 Å². The van der Waals surface area contributed by atoms with Crippen molar-refractivity contribution >= 4 is 5.82 Å². The van der Waals surface area contributed by atoms with Crippen LogP contribution in [-0.2, 0) is 6.61 Å². The van der Waals surface area contributed by atoms with Crippen LogP contribution in [0.4, 0.5) is 5.82 Å². The van der Waals surface area contributed by atoms with E-state index < -0.39 is 0 Å². The number of para-hydroxylation sites is 1. The molecule has 0 amide bonds. The number of nitrogens with one attached hydrogen (secondary N) is 1. The number of hydrogen-bond acceptors (Lipinski definition) is 4. The summed E-state index contributed by atoms with van der Waals surface area (Å²) < 4.78 is 5.63. The van der Waals surface area contributed by atoms with Crippen LogP contribution in [0.5, 0.6) is 5.75 Å². The van der Waals surface area contributed by atoms with E-state index in [9.17, 15) is 0 Å². The fourth-order valence-corrected chi connectivity index (χ4v) is 1.64. The first-order chi connectivity index (χ1) is 9.33. The number of nitrogens with zero attached hydrogens (tertiary/aromatic N) is 2. The van der Waals surface area contributed by atoms with Crippen LogP contribution >= 0.6 is 0 Å². The van der Waals surface area contributed by atoms with Crippen LogP contribution in [-0.4, -0.2) is 11.5 Å². The highest BCUT2D eigenvalue weighted by molar-refractivity contribution is 5.42. The Morgan fingerprint density at radius 1 is 1.26 bits per heavy atom. The maximum absolute atomic E-state index is 8.96. The van der Waals surface area contributed by atoms with E-state index in [1.807, 2.05) is 31.2 Å². The summed E-state index contributed by atoms with van der Waals surface area (Å²) in [6.45, 7) is 3.27. The zero-order chi connectivity index (χ0) is 13.5. The highest BCUT2D eigenvalue weighted by Gasteiger charge is 2.02. The van der Waals surface area contributed by atoms with Crippen molar-refractivity contribution in [1.82, 2.24) is 4.98 Å². The molecule has 0 aliphatic heterocycles. The number of anilines is 1. The van der Waals surface area contributed by atoms with Crippen molar-refractivity contribution in [2.75, 3.05) is 11.9 Å². The number of hydrogen-bond donors (Lipinski definition) is 1. The number of benzene rings is 1. The monoisotopic (exact) mass is 253 g/mol. The van der Waals surface area contributed by atoms with E-state index >= 15 is 0 Å². The molecule has 1 N–H and O–H groups in total. The molecular formula is C15H15N3O. The van der Waals surface area contributed by atoms with Crippen LogP contribution in [0.25, 0.3) is 0 Å². The minimum Gasteiger partial charge on any atom is -0.487 e. The van der Waals surface area contributed by atoms with Gasteiger partial charge in [-0.15, -0.1) is 0 Å². The van der Waals surface area contributed by atoms with Gasteiger partial charge in [0.2, 0.25) is 0 Å². The van der Waals surface area contributed by atoms with Gasteiger partial charge in [-0.05, 0) is 25.1 Å². The Morgan fingerprint density at radius 2 is 2.11 bits per heavy atom. The summed E-state index contributed by atoms with van der Waals surface area (Å²) in [5, 5.41) is 12.1. The lowest BCUT2D eigenvalue weighted by molar-refractivity contribution is 0.305. The molecule has 1 heterocycles. The van der Waals surface area contributed by atoms with Crippen molar-refractivity contribution < 1.29 is 4.74 Å². The molecule has 19 heavy (non-hydrogen) atoms. The van der Waals surface area contributed by atoms with Gasteiger partial charge in [0.25, 0.3) is 0 Å². The molecule has 0 saturated heterocycles. The Balaban J connectivity index is 2.00. The Hall–Kier alpha value is -2.54. The van der Waals surface area contributed by atoms with Crippen molar-refractivity contribution in [2.45, 2.75) is 13.5 Å². The maximum Gasteiger partial charge on any atom is 0.137 e. The zero-order valence-electron chi connectivity index (χ0n) is 10.8. The van der Waals surface area contributed by atoms with Gasteiger partial charge in [-0.3, -0.25) is 0 Å². The summed E-state index contributed by atoms with van der Waals surface area (Å²) in [5.74, 6) is 1.45. The van der Waals surface area contributed by atoms with E-state index in [1.54, 1.807) is 18.3 Å². The molecule has 0 bridgehead atoms. The summed E-state index contributed by atoms with van der Waals surface area (Å²) in [4.78, 5) is 4.27. The van der Waals surface area contributed by atoms with Crippen molar-refractivity contribution in [2.24, 2.45) is 0 Å². The minimum atomic E-state index is 0.401. The van der Waals surface area contributed by atoms with Gasteiger partial charge in [0, 0.05) is 18.3 Å². The second-order valence-electron chi connectivity index (χ2n) is 3.98. The second-order valence-corrected chi connectivity index (χ2v) is 3.98. The van der Waals surface area contributed by atoms with E-state index in [0.29, 0.717) is 17.9 Å². The lowest BCUT2D eigenvalue weighted by Crippen LogP contribution is -2.01. The molecule has 1 aromatic heterocycles. The fourth-order valence-electron chi connectivity index (χ4n) is 1.64. The van der Waals surface area contributed by atoms with Crippen molar-refractivity contribution in [3.05, 3.63) is 53.7 Å². The molecule has 0 radical (unpaired) electrons. The van der Waals surface area contributed by atoms with E-state index in [1.165, 1.54) is 0 Å². The third kappa shape index (κ3) is 3.46. The molecule has 0 aliphatic carbocycles. The molecule has 4 heteroatoms. The SMILES string of the molecule is CCNc1ccc(COc2ccccc2C#N)cn1. The molecule has 96 valence electrons. The first kappa shape index (κ1) is 12.9. The van der Waals surface area contributed by atoms with Crippen molar-refractivity contribution in [3.8, 4) is 11.8 Å². The summed E-state index contributed by atoms with van der Waals surface area (Å²) in [6.07, 6.45) is 1.77. The van der Waals surface area contributed by atoms with Crippen LogP contribution in [0.15, 0.2) is 42.6 Å². The molecule has 2 aromatic rings. The third-order valence-electron chi connectivity index (χ3n) is 2.58. The third-order valence-corrected chi connectivity index (χ3v) is 2.58. The lowest BCUT2D eigenvalue weighted by atomic mass is 10.2. The Kier molecular flexibility index (Phi) is 4.35. The van der Waals surface area contributed by atoms with Crippen molar-refractivity contribution in [3.63, 3.8) is 0 Å². The van der Waals surface area contributed by atoms with E-state index in [2.05, 4.69) is 16.4 Å². The van der Waals surface area contributed by atoms with Crippen LogP contribution in [0, 0.1) is 11.3 Å². The Labute approximate surface area is 112 Å². The Bertz CT molecular complexity index is 573. The molecule has 2 rings (SSSR count). The van der Waals surface area contributed by atoms with Gasteiger partial charge in [0.05, 0.1) is 5.56 Å². The highest BCUT2D eigenvalue weighted by Crippen LogP contribution is 2.18. The smallest absolute Gasteiger partial charge is 0.137 e. The van der Waals surface area contributed by atoms with Gasteiger partial charge in [0.15, 0.2) is 0 Å². The number of nitriles is 1. The quantitative estimate of drug-likeness (QED) is 0.890. The molecule has 0 atom stereocenters. The largest absolute Gasteiger partial charge is 0.487 e. The minimum absolute atomic E-state index is 0.401. The van der Waals surface area contributed by atoms with Crippen LogP contribution in [0.2, 0.25) is 0 Å². The zero-order valence-corrected chi connectivity index (χ0v) is 10.8. The normalized spacial score (nSPS) is 9.68. The first-order valence-corrected chi connectivity index (χ1v) is 6.14. The van der Waals surface area contributed by atoms with E-state index in [0.717, 1.165) is 17.9 Å². The Morgan fingerprint density at radius 3 is 2.79 bits per heavy atom. The van der Waals surface area contributed by atoms with Gasteiger partial charge in [-0.1, -0.05) is 18.2 Å². The maximum atomic E-state index is 8.96. The van der Waals surface area contributed by atoms with Crippen LogP contribution in [0.3, 0.4) is 0 Å². The van der Waals surface area contributed by atoms with Gasteiger partial charge < -0.3 is 10.1 Å². The molecule has 0 fully saturated rings. The molecule has 0 saturated carbocycles. The number of aromatic nitrogens is 1. The van der Waals surface area contributed by atoms with Gasteiger partial charge in [-0.2, -0.15) is 5.26 Å². The molecule has 4 nitrogen and oxygen atoms in total. The standard InChI is InChI=1S/C15H15N3O/c1-2-17-15-8-7-12(10-18-15)11-19-14-6-4-3-5-13(14)9-16/h3-8,10H,2,11H2,1H3,(H,17,18). The molecule has 0 aliphatic rings. The van der Waals surface area contributed by atoms with E-state index in [-0.39, 0.29) is 0 Å². The second kappa shape index (κ2) is 6.41. The van der Waals surface area contributed by atoms with Crippen LogP contribution < -0.4 is 10.1 Å². The molecule has 1 aromatic carbocycles. The first-order valence-electron chi connectivity index (χ1n) is 6.14. The number of pyridine rings is 1. The fraction of sp³-hybridized carbons (Fsp3) is 0.200. The number of ether oxygens (including phenoxy) is 1. The van der Waals surface area contributed by atoms with Crippen molar-refractivity contribution in [1.29, 1.82) is 5.26 Å². The summed E-state index contributed by atoms with van der Waals surface area (Å²) in [6, 6.07) is 13.2. The summed E-state index contributed by atoms with van der Waals surface area (Å²) in [7, 11) is 0. The lowest BCUT2D eigenvalue weighted by Gasteiger charge is -2.08. The average molecular weight is 253 g/mol. The summed E-state index contributed by atoms with van der Waals surface area (Å²) in [5.41, 5.74) is 1.51. The van der Waals surface area contributed by atoms with Gasteiger partial charge >= 0.3 is 0 Å². The average Bonchev–Trinajstić information content (AvgIpc) is 2.47. The predicted molar refractivity (Wildman–Crippen MR) is 73.9 cm³/mol. The predicted octanol–water partition coefficient (Wildman–Crippen LogP) is 2.96. The molecule has 0 unspecified atom stereocenters. The van der Waals surface area contributed by atoms with Crippen LogP contribution in [0.1, 0.15) is 18.1 Å². The number of rotatable bonds is 5.